The summed E-state index contributed by atoms with van der Waals surface area (Å²) >= 11 is 0. The van der Waals surface area contributed by atoms with Crippen LogP contribution in [0.2, 0.25) is 0 Å². The standard InChI is InChI=1S/C11H23NO3/c1-5-14-8-9(12)6-7-10(13)15-11(2,3)4/h9H,5-8,12H2,1-4H3. The van der Waals surface area contributed by atoms with E-state index in [2.05, 4.69) is 0 Å². The molecule has 0 fully saturated rings. The van der Waals surface area contributed by atoms with Crippen molar-refractivity contribution in [1.82, 2.24) is 0 Å². The largest absolute Gasteiger partial charge is 0.460 e. The third-order valence-electron chi connectivity index (χ3n) is 1.68. The Bertz CT molecular complexity index is 187. The highest BCUT2D eigenvalue weighted by Crippen LogP contribution is 2.09. The molecule has 0 aromatic heterocycles. The Morgan fingerprint density at radius 3 is 2.47 bits per heavy atom. The van der Waals surface area contributed by atoms with E-state index in [0.29, 0.717) is 26.1 Å². The van der Waals surface area contributed by atoms with Crippen LogP contribution in [0.1, 0.15) is 40.5 Å². The number of esters is 1. The second-order valence-electron chi connectivity index (χ2n) is 4.54. The summed E-state index contributed by atoms with van der Waals surface area (Å²) in [5, 5.41) is 0. The molecule has 0 bridgehead atoms. The molecule has 15 heavy (non-hydrogen) atoms. The van der Waals surface area contributed by atoms with Crippen molar-refractivity contribution in [2.24, 2.45) is 5.73 Å². The minimum absolute atomic E-state index is 0.0857. The molecule has 4 nitrogen and oxygen atoms in total. The lowest BCUT2D eigenvalue weighted by Gasteiger charge is -2.20. The van der Waals surface area contributed by atoms with E-state index < -0.39 is 5.60 Å². The Balaban J connectivity index is 3.62. The second-order valence-corrected chi connectivity index (χ2v) is 4.54. The Morgan fingerprint density at radius 1 is 1.40 bits per heavy atom. The van der Waals surface area contributed by atoms with Crippen LogP contribution in [0.5, 0.6) is 0 Å². The van der Waals surface area contributed by atoms with E-state index in [9.17, 15) is 4.79 Å². The smallest absolute Gasteiger partial charge is 0.306 e. The first-order valence-electron chi connectivity index (χ1n) is 5.40. The molecule has 90 valence electrons. The lowest BCUT2D eigenvalue weighted by atomic mass is 10.1. The molecule has 0 aromatic carbocycles. The molecule has 1 atom stereocenters. The van der Waals surface area contributed by atoms with Gasteiger partial charge in [-0.1, -0.05) is 0 Å². The van der Waals surface area contributed by atoms with Gasteiger partial charge in [0.1, 0.15) is 5.60 Å². The molecular weight excluding hydrogens is 194 g/mol. The number of ether oxygens (including phenoxy) is 2. The van der Waals surface area contributed by atoms with Crippen molar-refractivity contribution in [3.8, 4) is 0 Å². The van der Waals surface area contributed by atoms with Crippen LogP contribution in [-0.2, 0) is 14.3 Å². The fourth-order valence-corrected chi connectivity index (χ4v) is 1.05. The Labute approximate surface area is 92.1 Å². The summed E-state index contributed by atoms with van der Waals surface area (Å²) in [5.74, 6) is -0.200. The van der Waals surface area contributed by atoms with Gasteiger partial charge < -0.3 is 15.2 Å². The van der Waals surface area contributed by atoms with Gasteiger partial charge in [-0.2, -0.15) is 0 Å². The Kier molecular flexibility index (Phi) is 6.52. The average Bonchev–Trinajstić information content (AvgIpc) is 2.08. The van der Waals surface area contributed by atoms with Gasteiger partial charge in [-0.05, 0) is 34.1 Å². The van der Waals surface area contributed by atoms with Gasteiger partial charge in [0.25, 0.3) is 0 Å². The van der Waals surface area contributed by atoms with Gasteiger partial charge in [0.15, 0.2) is 0 Å². The van der Waals surface area contributed by atoms with E-state index in [1.807, 2.05) is 27.7 Å². The first-order valence-corrected chi connectivity index (χ1v) is 5.40. The fourth-order valence-electron chi connectivity index (χ4n) is 1.05. The molecule has 4 heteroatoms. The maximum Gasteiger partial charge on any atom is 0.306 e. The average molecular weight is 217 g/mol. The molecular formula is C11H23NO3. The van der Waals surface area contributed by atoms with Gasteiger partial charge in [0.2, 0.25) is 0 Å². The predicted molar refractivity (Wildman–Crippen MR) is 59.5 cm³/mol. The van der Waals surface area contributed by atoms with Crippen LogP contribution < -0.4 is 5.73 Å². The van der Waals surface area contributed by atoms with Crippen molar-refractivity contribution in [2.75, 3.05) is 13.2 Å². The minimum Gasteiger partial charge on any atom is -0.460 e. The quantitative estimate of drug-likeness (QED) is 0.684. The molecule has 0 saturated carbocycles. The lowest BCUT2D eigenvalue weighted by molar-refractivity contribution is -0.155. The van der Waals surface area contributed by atoms with Crippen LogP contribution in [0.4, 0.5) is 0 Å². The van der Waals surface area contributed by atoms with Crippen LogP contribution in [-0.4, -0.2) is 30.8 Å². The third kappa shape index (κ3) is 9.69. The van der Waals surface area contributed by atoms with E-state index in [-0.39, 0.29) is 12.0 Å². The highest BCUT2D eigenvalue weighted by atomic mass is 16.6. The molecule has 0 saturated heterocycles. The number of carbonyl (C=O) groups excluding carboxylic acids is 1. The number of nitrogens with two attached hydrogens (primary N) is 1. The summed E-state index contributed by atoms with van der Waals surface area (Å²) in [5.41, 5.74) is 5.32. The molecule has 0 radical (unpaired) electrons. The SMILES string of the molecule is CCOCC(N)CCC(=O)OC(C)(C)C. The lowest BCUT2D eigenvalue weighted by Crippen LogP contribution is -2.29. The summed E-state index contributed by atoms with van der Waals surface area (Å²) in [6.07, 6.45) is 0.959. The first-order chi connectivity index (χ1) is 6.85. The van der Waals surface area contributed by atoms with Gasteiger partial charge in [0, 0.05) is 19.1 Å². The van der Waals surface area contributed by atoms with E-state index >= 15 is 0 Å². The molecule has 0 spiro atoms. The third-order valence-corrected chi connectivity index (χ3v) is 1.68. The van der Waals surface area contributed by atoms with Gasteiger partial charge >= 0.3 is 5.97 Å². The maximum absolute atomic E-state index is 11.3. The number of hydrogen-bond donors (Lipinski definition) is 1. The molecule has 1 unspecified atom stereocenters. The number of hydrogen-bond acceptors (Lipinski definition) is 4. The summed E-state index contributed by atoms with van der Waals surface area (Å²) in [7, 11) is 0. The van der Waals surface area contributed by atoms with E-state index in [1.165, 1.54) is 0 Å². The topological polar surface area (TPSA) is 61.5 Å². The van der Waals surface area contributed by atoms with E-state index in [0.717, 1.165) is 0 Å². The second kappa shape index (κ2) is 6.80. The summed E-state index contributed by atoms with van der Waals surface area (Å²) in [6.45, 7) is 8.63. The summed E-state index contributed by atoms with van der Waals surface area (Å²) in [6, 6.07) is -0.0857. The van der Waals surface area contributed by atoms with Crippen molar-refractivity contribution in [2.45, 2.75) is 52.2 Å². The van der Waals surface area contributed by atoms with Crippen LogP contribution in [0.25, 0.3) is 0 Å². The van der Waals surface area contributed by atoms with Crippen LogP contribution in [0.15, 0.2) is 0 Å². The zero-order valence-electron chi connectivity index (χ0n) is 10.2. The van der Waals surface area contributed by atoms with Crippen molar-refractivity contribution in [3.63, 3.8) is 0 Å². The molecule has 0 aliphatic carbocycles. The van der Waals surface area contributed by atoms with Crippen molar-refractivity contribution in [3.05, 3.63) is 0 Å². The molecule has 0 rings (SSSR count). The fraction of sp³-hybridized carbons (Fsp3) is 0.909. The van der Waals surface area contributed by atoms with Gasteiger partial charge in [-0.3, -0.25) is 4.79 Å². The monoisotopic (exact) mass is 217 g/mol. The highest BCUT2D eigenvalue weighted by molar-refractivity contribution is 5.69. The van der Waals surface area contributed by atoms with Crippen molar-refractivity contribution in [1.29, 1.82) is 0 Å². The Hall–Kier alpha value is -0.610. The van der Waals surface area contributed by atoms with Gasteiger partial charge in [-0.25, -0.2) is 0 Å². The van der Waals surface area contributed by atoms with E-state index in [4.69, 9.17) is 15.2 Å². The predicted octanol–water partition coefficient (Wildman–Crippen LogP) is 1.47. The summed E-state index contributed by atoms with van der Waals surface area (Å²) in [4.78, 5) is 11.3. The van der Waals surface area contributed by atoms with Gasteiger partial charge in [-0.15, -0.1) is 0 Å². The highest BCUT2D eigenvalue weighted by Gasteiger charge is 2.16. The van der Waals surface area contributed by atoms with Crippen LogP contribution >= 0.6 is 0 Å². The Morgan fingerprint density at radius 2 is 2.00 bits per heavy atom. The maximum atomic E-state index is 11.3. The number of carbonyl (C=O) groups is 1. The normalized spacial score (nSPS) is 13.7. The molecule has 0 aliphatic rings. The first kappa shape index (κ1) is 14.4. The molecule has 0 heterocycles. The van der Waals surface area contributed by atoms with Crippen LogP contribution in [0, 0.1) is 0 Å². The zero-order chi connectivity index (χ0) is 11.9. The molecule has 0 aliphatic heterocycles. The van der Waals surface area contributed by atoms with Crippen molar-refractivity contribution >= 4 is 5.97 Å². The van der Waals surface area contributed by atoms with E-state index in [1.54, 1.807) is 0 Å². The molecule has 0 amide bonds. The summed E-state index contributed by atoms with van der Waals surface area (Å²) < 4.78 is 10.3. The number of rotatable bonds is 6. The molecule has 0 aromatic rings. The van der Waals surface area contributed by atoms with Gasteiger partial charge in [0.05, 0.1) is 6.61 Å². The van der Waals surface area contributed by atoms with Crippen molar-refractivity contribution < 1.29 is 14.3 Å². The molecule has 2 N–H and O–H groups in total. The minimum atomic E-state index is -0.416. The van der Waals surface area contributed by atoms with Crippen LogP contribution in [0.3, 0.4) is 0 Å². The zero-order valence-corrected chi connectivity index (χ0v) is 10.2.